The van der Waals surface area contributed by atoms with E-state index in [1.54, 1.807) is 60.7 Å². The minimum Gasteiger partial charge on any atom is -0.266 e. The normalized spacial score (nSPS) is 12.5. The van der Waals surface area contributed by atoms with Gasteiger partial charge in [0, 0.05) is 35.4 Å². The van der Waals surface area contributed by atoms with Gasteiger partial charge < -0.3 is 0 Å². The lowest BCUT2D eigenvalue weighted by atomic mass is 10.1. The Morgan fingerprint density at radius 3 is 1.41 bits per heavy atom. The lowest BCUT2D eigenvalue weighted by Crippen LogP contribution is -2.23. The molecule has 4 aromatic heterocycles. The van der Waals surface area contributed by atoms with Crippen molar-refractivity contribution in [2.24, 2.45) is 0 Å². The topological polar surface area (TPSA) is 181 Å². The predicted octanol–water partition coefficient (Wildman–Crippen LogP) is 2.86. The van der Waals surface area contributed by atoms with Crippen molar-refractivity contribution in [3.05, 3.63) is 134 Å². The van der Waals surface area contributed by atoms with Gasteiger partial charge in [0.15, 0.2) is 11.6 Å². The molecule has 0 unspecified atom stereocenters. The summed E-state index contributed by atoms with van der Waals surface area (Å²) >= 11 is 2.25. The van der Waals surface area contributed by atoms with Crippen LogP contribution in [0, 0.1) is 20.2 Å². The number of hydrogen-bond donors (Lipinski definition) is 0. The van der Waals surface area contributed by atoms with E-state index in [2.05, 4.69) is 20.2 Å². The van der Waals surface area contributed by atoms with Crippen molar-refractivity contribution in [2.75, 3.05) is 0 Å². The first-order chi connectivity index (χ1) is 21.2. The van der Waals surface area contributed by atoms with E-state index >= 15 is 0 Å². The first-order valence-electron chi connectivity index (χ1n) is 12.7. The van der Waals surface area contributed by atoms with Crippen molar-refractivity contribution >= 4 is 56.1 Å². The molecule has 0 spiro atoms. The van der Waals surface area contributed by atoms with Crippen LogP contribution < -0.4 is 20.2 Å². The number of fused-ring (bicyclic) bond motifs is 2. The lowest BCUT2D eigenvalue weighted by molar-refractivity contribution is -0.385. The Kier molecular flexibility index (Phi) is 6.33. The van der Waals surface area contributed by atoms with E-state index in [9.17, 15) is 29.8 Å². The molecule has 14 nitrogen and oxygen atoms in total. The quantitative estimate of drug-likeness (QED) is 0.198. The van der Waals surface area contributed by atoms with Crippen LogP contribution in [0.4, 0.5) is 11.4 Å². The largest absolute Gasteiger partial charge is 0.291 e. The average molecular weight is 623 g/mol. The number of nitro benzene ring substituents is 2. The molecular formula is C28H14N8O6S2. The van der Waals surface area contributed by atoms with Crippen molar-refractivity contribution in [3.63, 3.8) is 0 Å². The molecule has 0 aliphatic heterocycles. The van der Waals surface area contributed by atoms with Gasteiger partial charge >= 0.3 is 0 Å². The van der Waals surface area contributed by atoms with Crippen LogP contribution in [-0.2, 0) is 0 Å². The van der Waals surface area contributed by atoms with E-state index in [0.29, 0.717) is 52.9 Å². The van der Waals surface area contributed by atoms with E-state index in [0.717, 1.165) is 22.7 Å². The molecule has 0 aliphatic rings. The maximum Gasteiger partial charge on any atom is 0.291 e. The Morgan fingerprint density at radius 2 is 1.05 bits per heavy atom. The van der Waals surface area contributed by atoms with Crippen LogP contribution in [-0.4, -0.2) is 39.0 Å². The summed E-state index contributed by atoms with van der Waals surface area (Å²) in [5.41, 5.74) is 1.42. The number of thiazole rings is 2. The fourth-order valence-electron chi connectivity index (χ4n) is 4.44. The summed E-state index contributed by atoms with van der Waals surface area (Å²) in [7, 11) is 0. The molecule has 4 heterocycles. The number of hydrogen-bond acceptors (Lipinski definition) is 12. The molecule has 7 aromatic rings. The maximum absolute atomic E-state index is 12.9. The van der Waals surface area contributed by atoms with Crippen LogP contribution in [0.1, 0.15) is 11.1 Å². The van der Waals surface area contributed by atoms with Gasteiger partial charge in [0.25, 0.3) is 22.5 Å². The molecule has 0 amide bonds. The molecular weight excluding hydrogens is 608 g/mol. The minimum atomic E-state index is -0.497. The van der Waals surface area contributed by atoms with Crippen LogP contribution in [0.15, 0.2) is 82.4 Å². The first kappa shape index (κ1) is 26.9. The van der Waals surface area contributed by atoms with Gasteiger partial charge in [0.05, 0.1) is 18.9 Å². The molecule has 0 bridgehead atoms. The third-order valence-corrected chi connectivity index (χ3v) is 8.44. The second-order valence-electron chi connectivity index (χ2n) is 9.37. The Labute approximate surface area is 251 Å². The number of benzene rings is 3. The highest BCUT2D eigenvalue weighted by atomic mass is 32.1. The van der Waals surface area contributed by atoms with Crippen LogP contribution in [0.25, 0.3) is 44.8 Å². The molecule has 0 atom stereocenters. The Balaban J connectivity index is 1.15. The third-order valence-electron chi connectivity index (χ3n) is 6.52. The van der Waals surface area contributed by atoms with E-state index in [1.165, 1.54) is 33.3 Å². The standard InChI is InChI=1S/C28H14N8O6S2/c37-25-21(13-15-3-1-5-19(11-15)35(39)40)43-27-29-23(31-33(25)27)17-7-9-18(10-8-17)24-30-28-34(32-24)26(38)22(44-28)14-16-4-2-6-20(12-16)36(41)42/h1-14H/b21-13+,22-14+. The highest BCUT2D eigenvalue weighted by molar-refractivity contribution is 7.15. The number of rotatable bonds is 6. The Bertz CT molecular complexity index is 2340. The number of nitro groups is 2. The summed E-state index contributed by atoms with van der Waals surface area (Å²) in [6.07, 6.45) is 3.13. The first-order valence-corrected chi connectivity index (χ1v) is 14.3. The minimum absolute atomic E-state index is 0.0724. The average Bonchev–Trinajstić information content (AvgIpc) is 3.77. The zero-order valence-corrected chi connectivity index (χ0v) is 23.6. The summed E-state index contributed by atoms with van der Waals surface area (Å²) in [5, 5.41) is 30.8. The number of aromatic nitrogens is 6. The summed E-state index contributed by atoms with van der Waals surface area (Å²) < 4.78 is 3.08. The van der Waals surface area contributed by atoms with Gasteiger partial charge in [0.2, 0.25) is 9.92 Å². The molecule has 0 saturated heterocycles. The summed E-state index contributed by atoms with van der Waals surface area (Å²) in [6.45, 7) is 0. The zero-order chi connectivity index (χ0) is 30.5. The molecule has 44 heavy (non-hydrogen) atoms. The molecule has 0 fully saturated rings. The Hall–Kier alpha value is -6.00. The van der Waals surface area contributed by atoms with Crippen molar-refractivity contribution in [1.29, 1.82) is 0 Å². The second kappa shape index (κ2) is 10.4. The number of non-ortho nitro benzene ring substituents is 2. The summed E-state index contributed by atoms with van der Waals surface area (Å²) in [6, 6.07) is 19.0. The van der Waals surface area contributed by atoms with Gasteiger partial charge in [-0.05, 0) is 23.3 Å². The monoisotopic (exact) mass is 622 g/mol. The molecule has 3 aromatic carbocycles. The Morgan fingerprint density at radius 1 is 0.636 bits per heavy atom. The molecule has 0 saturated carbocycles. The van der Waals surface area contributed by atoms with Gasteiger partial charge in [-0.15, -0.1) is 10.2 Å². The smallest absolute Gasteiger partial charge is 0.266 e. The van der Waals surface area contributed by atoms with E-state index in [4.69, 9.17) is 0 Å². The van der Waals surface area contributed by atoms with Crippen LogP contribution in [0.2, 0.25) is 0 Å². The van der Waals surface area contributed by atoms with Gasteiger partial charge in [-0.1, -0.05) is 71.2 Å². The molecule has 0 N–H and O–H groups in total. The number of nitrogens with zero attached hydrogens (tertiary/aromatic N) is 8. The maximum atomic E-state index is 12.9. The second-order valence-corrected chi connectivity index (χ2v) is 11.4. The van der Waals surface area contributed by atoms with E-state index < -0.39 is 9.85 Å². The fraction of sp³-hybridized carbons (Fsp3) is 0. The summed E-state index contributed by atoms with van der Waals surface area (Å²) in [4.78, 5) is 56.7. The van der Waals surface area contributed by atoms with Crippen LogP contribution in [0.3, 0.4) is 0 Å². The van der Waals surface area contributed by atoms with Crippen LogP contribution >= 0.6 is 22.7 Å². The summed E-state index contributed by atoms with van der Waals surface area (Å²) in [5.74, 6) is 0.674. The van der Waals surface area contributed by atoms with Gasteiger partial charge in [-0.3, -0.25) is 29.8 Å². The fourth-order valence-corrected chi connectivity index (χ4v) is 6.26. The molecule has 0 radical (unpaired) electrons. The molecule has 0 aliphatic carbocycles. The third kappa shape index (κ3) is 4.79. The highest BCUT2D eigenvalue weighted by Crippen LogP contribution is 2.23. The highest BCUT2D eigenvalue weighted by Gasteiger charge is 2.15. The molecule has 16 heteroatoms. The van der Waals surface area contributed by atoms with E-state index in [1.807, 2.05) is 0 Å². The zero-order valence-electron chi connectivity index (χ0n) is 21.9. The van der Waals surface area contributed by atoms with Gasteiger partial charge in [-0.25, -0.2) is 0 Å². The van der Waals surface area contributed by atoms with Gasteiger partial charge in [0.1, 0.15) is 0 Å². The SMILES string of the molecule is O=c1/c(=C\c2cccc([N+](=O)[O-])c2)sc2nc(-c3ccc(-c4nc5s/c(=C/c6cccc([N+](=O)[O-])c6)c(=O)n5n4)cc3)nn12. The van der Waals surface area contributed by atoms with Crippen molar-refractivity contribution in [1.82, 2.24) is 29.2 Å². The van der Waals surface area contributed by atoms with Crippen molar-refractivity contribution < 1.29 is 9.85 Å². The van der Waals surface area contributed by atoms with E-state index in [-0.39, 0.29) is 22.5 Å². The molecule has 7 rings (SSSR count). The van der Waals surface area contributed by atoms with Crippen molar-refractivity contribution in [2.45, 2.75) is 0 Å². The predicted molar refractivity (Wildman–Crippen MR) is 162 cm³/mol. The van der Waals surface area contributed by atoms with Gasteiger partial charge in [-0.2, -0.15) is 19.0 Å². The lowest BCUT2D eigenvalue weighted by Gasteiger charge is -1.97. The molecule has 214 valence electrons. The van der Waals surface area contributed by atoms with Crippen LogP contribution in [0.5, 0.6) is 0 Å². The van der Waals surface area contributed by atoms with Crippen molar-refractivity contribution in [3.8, 4) is 22.8 Å².